The Balaban J connectivity index is 2.21. The maximum atomic E-state index is 9.25. The van der Waals surface area contributed by atoms with Gasteiger partial charge in [-0.25, -0.2) is 9.78 Å². The summed E-state index contributed by atoms with van der Waals surface area (Å²) in [6.45, 7) is 1.07. The van der Waals surface area contributed by atoms with Crippen LogP contribution >= 0.6 is 0 Å². The van der Waals surface area contributed by atoms with Gasteiger partial charge in [0.1, 0.15) is 0 Å². The van der Waals surface area contributed by atoms with Gasteiger partial charge in [-0.1, -0.05) is 0 Å². The third kappa shape index (κ3) is 4.57. The minimum atomic E-state index is -0.578. The molecule has 1 rings (SSSR count). The van der Waals surface area contributed by atoms with Crippen LogP contribution in [0.5, 0.6) is 0 Å². The summed E-state index contributed by atoms with van der Waals surface area (Å²) in [4.78, 5) is 9.72. The number of aliphatic hydroxyl groups is 2. The Kier molecular flexibility index (Phi) is 5.31. The van der Waals surface area contributed by atoms with E-state index < -0.39 is 6.10 Å². The third-order valence-electron chi connectivity index (χ3n) is 2.35. The van der Waals surface area contributed by atoms with E-state index in [-0.39, 0.29) is 6.61 Å². The van der Waals surface area contributed by atoms with Crippen molar-refractivity contribution in [2.75, 3.05) is 19.8 Å². The molecule has 1 heterocycles. The van der Waals surface area contributed by atoms with Crippen LogP contribution in [0.2, 0.25) is 0 Å². The summed E-state index contributed by atoms with van der Waals surface area (Å²) in [5.74, 6) is 0.450. The molecule has 2 N–H and O–H groups in total. The van der Waals surface area contributed by atoms with E-state index in [1.807, 2.05) is 0 Å². The van der Waals surface area contributed by atoms with E-state index in [1.54, 1.807) is 0 Å². The van der Waals surface area contributed by atoms with Crippen molar-refractivity contribution >= 4 is 0 Å². The normalized spacial score (nSPS) is 27.7. The van der Waals surface area contributed by atoms with Crippen molar-refractivity contribution in [3.63, 3.8) is 0 Å². The van der Waals surface area contributed by atoms with E-state index in [4.69, 9.17) is 14.9 Å². The lowest BCUT2D eigenvalue weighted by atomic mass is 9.93. The fourth-order valence-electron chi connectivity index (χ4n) is 1.60. The second kappa shape index (κ2) is 6.32. The van der Waals surface area contributed by atoms with Crippen LogP contribution in [0.4, 0.5) is 0 Å². The summed E-state index contributed by atoms with van der Waals surface area (Å²) in [7, 11) is 0. The Labute approximate surface area is 78.4 Å². The molecule has 0 aliphatic carbocycles. The van der Waals surface area contributed by atoms with Crippen molar-refractivity contribution < 1.29 is 20.0 Å². The van der Waals surface area contributed by atoms with E-state index in [9.17, 15) is 5.11 Å². The van der Waals surface area contributed by atoms with Crippen molar-refractivity contribution in [2.24, 2.45) is 5.92 Å². The smallest absolute Gasteiger partial charge is 0.0825 e. The molecule has 1 aliphatic rings. The molecular formula is C9H18O4. The monoisotopic (exact) mass is 190 g/mol. The first kappa shape index (κ1) is 10.9. The van der Waals surface area contributed by atoms with Crippen LogP contribution in [0.15, 0.2) is 0 Å². The van der Waals surface area contributed by atoms with Crippen molar-refractivity contribution in [1.82, 2.24) is 0 Å². The highest BCUT2D eigenvalue weighted by Crippen LogP contribution is 2.19. The summed E-state index contributed by atoms with van der Waals surface area (Å²) in [6.07, 6.45) is 2.99. The van der Waals surface area contributed by atoms with Gasteiger partial charge in [0.15, 0.2) is 0 Å². The summed E-state index contributed by atoms with van der Waals surface area (Å²) in [5, 5.41) is 17.9. The number of hydrogen-bond donors (Lipinski definition) is 2. The molecule has 0 aromatic carbocycles. The minimum Gasteiger partial charge on any atom is -0.394 e. The van der Waals surface area contributed by atoms with Crippen molar-refractivity contribution in [2.45, 2.75) is 31.8 Å². The molecule has 0 bridgehead atoms. The molecular weight excluding hydrogens is 172 g/mol. The second-order valence-corrected chi connectivity index (χ2v) is 3.51. The third-order valence-corrected chi connectivity index (χ3v) is 2.35. The lowest BCUT2D eigenvalue weighted by Gasteiger charge is -2.21. The summed E-state index contributed by atoms with van der Waals surface area (Å²) in [6, 6.07) is 0. The number of aliphatic hydroxyl groups excluding tert-OH is 2. The Hall–Kier alpha value is -0.160. The van der Waals surface area contributed by atoms with E-state index in [2.05, 4.69) is 0 Å². The summed E-state index contributed by atoms with van der Waals surface area (Å²) < 4.78 is 0. The highest BCUT2D eigenvalue weighted by atomic mass is 17.2. The van der Waals surface area contributed by atoms with E-state index in [0.717, 1.165) is 19.3 Å². The highest BCUT2D eigenvalue weighted by Gasteiger charge is 2.15. The molecule has 13 heavy (non-hydrogen) atoms. The molecule has 0 aromatic rings. The standard InChI is InChI=1S/C9H18O4/c10-7-9(11)6-8-2-1-4-12-13-5-3-8/h8-11H,1-7H2. The van der Waals surface area contributed by atoms with Crippen LogP contribution in [-0.4, -0.2) is 36.1 Å². The van der Waals surface area contributed by atoms with Crippen LogP contribution in [-0.2, 0) is 9.78 Å². The van der Waals surface area contributed by atoms with Crippen LogP contribution in [0.25, 0.3) is 0 Å². The van der Waals surface area contributed by atoms with Gasteiger partial charge in [0, 0.05) is 0 Å². The van der Waals surface area contributed by atoms with Crippen LogP contribution in [0.1, 0.15) is 25.7 Å². The van der Waals surface area contributed by atoms with Gasteiger partial charge < -0.3 is 10.2 Å². The Bertz CT molecular complexity index is 121. The molecule has 1 aliphatic heterocycles. The average molecular weight is 190 g/mol. The lowest BCUT2D eigenvalue weighted by Crippen LogP contribution is -2.20. The molecule has 1 saturated heterocycles. The van der Waals surface area contributed by atoms with Gasteiger partial charge in [0.25, 0.3) is 0 Å². The van der Waals surface area contributed by atoms with Crippen molar-refractivity contribution in [3.05, 3.63) is 0 Å². The van der Waals surface area contributed by atoms with Gasteiger partial charge in [-0.05, 0) is 31.6 Å². The number of hydrogen-bond acceptors (Lipinski definition) is 4. The average Bonchev–Trinajstić information content (AvgIpc) is 2.09. The fraction of sp³-hybridized carbons (Fsp3) is 1.00. The molecule has 0 saturated carbocycles. The first-order chi connectivity index (χ1) is 6.33. The Morgan fingerprint density at radius 1 is 1.23 bits per heavy atom. The minimum absolute atomic E-state index is 0.145. The molecule has 0 aromatic heterocycles. The molecule has 4 heteroatoms. The van der Waals surface area contributed by atoms with Gasteiger partial charge in [0.05, 0.1) is 25.9 Å². The first-order valence-corrected chi connectivity index (χ1v) is 4.86. The predicted molar refractivity (Wildman–Crippen MR) is 47.0 cm³/mol. The lowest BCUT2D eigenvalue weighted by molar-refractivity contribution is -0.301. The van der Waals surface area contributed by atoms with Gasteiger partial charge in [-0.15, -0.1) is 0 Å². The van der Waals surface area contributed by atoms with Crippen LogP contribution in [0, 0.1) is 5.92 Å². The van der Waals surface area contributed by atoms with Gasteiger partial charge in [0.2, 0.25) is 0 Å². The molecule has 2 atom stereocenters. The molecule has 1 fully saturated rings. The van der Waals surface area contributed by atoms with E-state index >= 15 is 0 Å². The fourth-order valence-corrected chi connectivity index (χ4v) is 1.60. The quantitative estimate of drug-likeness (QED) is 0.635. The summed E-state index contributed by atoms with van der Waals surface area (Å²) in [5.41, 5.74) is 0. The SMILES string of the molecule is OCC(O)CC1CCCOOCC1. The molecule has 0 amide bonds. The topological polar surface area (TPSA) is 58.9 Å². The largest absolute Gasteiger partial charge is 0.394 e. The Morgan fingerprint density at radius 2 is 2.00 bits per heavy atom. The Morgan fingerprint density at radius 3 is 2.77 bits per heavy atom. The maximum absolute atomic E-state index is 9.25. The van der Waals surface area contributed by atoms with Crippen LogP contribution < -0.4 is 0 Å². The predicted octanol–water partition coefficient (Wildman–Crippen LogP) is 0.478. The zero-order valence-corrected chi connectivity index (χ0v) is 7.82. The van der Waals surface area contributed by atoms with Gasteiger partial charge in [-0.2, -0.15) is 0 Å². The van der Waals surface area contributed by atoms with Gasteiger partial charge in [-0.3, -0.25) is 0 Å². The first-order valence-electron chi connectivity index (χ1n) is 4.86. The van der Waals surface area contributed by atoms with E-state index in [0.29, 0.717) is 25.6 Å². The number of rotatable bonds is 3. The van der Waals surface area contributed by atoms with Crippen molar-refractivity contribution in [1.29, 1.82) is 0 Å². The van der Waals surface area contributed by atoms with Gasteiger partial charge >= 0.3 is 0 Å². The second-order valence-electron chi connectivity index (χ2n) is 3.51. The molecule has 4 nitrogen and oxygen atoms in total. The van der Waals surface area contributed by atoms with Crippen molar-refractivity contribution in [3.8, 4) is 0 Å². The van der Waals surface area contributed by atoms with E-state index in [1.165, 1.54) is 0 Å². The highest BCUT2D eigenvalue weighted by molar-refractivity contribution is 4.65. The molecule has 78 valence electrons. The zero-order valence-electron chi connectivity index (χ0n) is 7.82. The van der Waals surface area contributed by atoms with Crippen LogP contribution in [0.3, 0.4) is 0 Å². The zero-order chi connectivity index (χ0) is 9.52. The molecule has 2 unspecified atom stereocenters. The maximum Gasteiger partial charge on any atom is 0.0825 e. The summed E-state index contributed by atoms with van der Waals surface area (Å²) >= 11 is 0. The molecule has 0 spiro atoms. The molecule has 0 radical (unpaired) electrons.